The van der Waals surface area contributed by atoms with Gasteiger partial charge in [-0.05, 0) is 31.7 Å². The van der Waals surface area contributed by atoms with Gasteiger partial charge >= 0.3 is 12.0 Å². The maximum absolute atomic E-state index is 12.7. The molecule has 0 bridgehead atoms. The van der Waals surface area contributed by atoms with E-state index in [0.717, 1.165) is 11.1 Å². The van der Waals surface area contributed by atoms with Crippen molar-refractivity contribution >= 4 is 17.9 Å². The Bertz CT molecular complexity index is 1070. The topological polar surface area (TPSA) is 94.3 Å². The van der Waals surface area contributed by atoms with Crippen LogP contribution in [0, 0.1) is 5.92 Å². The number of fused-ring (bicyclic) bond motifs is 2. The number of oxazole rings is 1. The van der Waals surface area contributed by atoms with E-state index in [2.05, 4.69) is 15.3 Å². The summed E-state index contributed by atoms with van der Waals surface area (Å²) < 4.78 is 11.1. The van der Waals surface area contributed by atoms with E-state index in [1.54, 1.807) is 12.4 Å². The summed E-state index contributed by atoms with van der Waals surface area (Å²) in [6.07, 6.45) is 7.21. The van der Waals surface area contributed by atoms with Crippen LogP contribution in [0.3, 0.4) is 0 Å². The zero-order valence-electron chi connectivity index (χ0n) is 15.6. The highest BCUT2D eigenvalue weighted by atomic mass is 16.6. The Kier molecular flexibility index (Phi) is 4.16. The number of nitrogens with zero attached hydrogens (tertiary/aromatic N) is 2. The van der Waals surface area contributed by atoms with Gasteiger partial charge in [0.1, 0.15) is 17.6 Å². The molecule has 7 heteroatoms. The van der Waals surface area contributed by atoms with Gasteiger partial charge in [0.25, 0.3) is 0 Å². The van der Waals surface area contributed by atoms with Crippen molar-refractivity contribution in [1.82, 2.24) is 9.97 Å². The summed E-state index contributed by atoms with van der Waals surface area (Å²) in [5.41, 5.74) is 2.38. The number of esters is 1. The maximum Gasteiger partial charge on any atom is 0.341 e. The molecule has 3 aromatic rings. The van der Waals surface area contributed by atoms with Crippen LogP contribution in [0.1, 0.15) is 41.6 Å². The first-order chi connectivity index (χ1) is 14.1. The van der Waals surface area contributed by atoms with Crippen LogP contribution in [0.4, 0.5) is 6.01 Å². The van der Waals surface area contributed by atoms with E-state index in [-0.39, 0.29) is 23.8 Å². The van der Waals surface area contributed by atoms with Gasteiger partial charge in [-0.2, -0.15) is 4.98 Å². The number of carbonyl (C=O) groups is 2. The molecule has 7 nitrogen and oxygen atoms in total. The van der Waals surface area contributed by atoms with Gasteiger partial charge in [-0.15, -0.1) is 0 Å². The first-order valence-electron chi connectivity index (χ1n) is 9.64. The standard InChI is InChI=1S/C22H19N3O4/c26-19(25-21-24-18(13-28-21)14-4-2-1-3-5-14)15-6-9-22(10-7-15)17-8-11-23-12-16(17)20(27)29-22/h1-5,8,11-13,15H,6-7,9-10H2,(H,24,25,26)/t15-,22-. The monoisotopic (exact) mass is 389 g/mol. The van der Waals surface area contributed by atoms with Gasteiger partial charge in [-0.3, -0.25) is 15.1 Å². The fraction of sp³-hybridized carbons (Fsp3) is 0.273. The Morgan fingerprint density at radius 2 is 1.93 bits per heavy atom. The predicted molar refractivity (Wildman–Crippen MR) is 104 cm³/mol. The highest BCUT2D eigenvalue weighted by Crippen LogP contribution is 2.47. The van der Waals surface area contributed by atoms with Crippen molar-refractivity contribution in [2.45, 2.75) is 31.3 Å². The van der Waals surface area contributed by atoms with Gasteiger partial charge in [-0.1, -0.05) is 30.3 Å². The van der Waals surface area contributed by atoms with Crippen molar-refractivity contribution in [2.24, 2.45) is 5.92 Å². The maximum atomic E-state index is 12.7. The minimum atomic E-state index is -0.629. The van der Waals surface area contributed by atoms with Crippen LogP contribution in [-0.2, 0) is 15.1 Å². The second-order valence-electron chi connectivity index (χ2n) is 7.47. The fourth-order valence-corrected chi connectivity index (χ4v) is 4.24. The summed E-state index contributed by atoms with van der Waals surface area (Å²) in [5.74, 6) is -0.637. The third kappa shape index (κ3) is 3.08. The molecular formula is C22H19N3O4. The van der Waals surface area contributed by atoms with Crippen LogP contribution in [0.5, 0.6) is 0 Å². The highest BCUT2D eigenvalue weighted by molar-refractivity contribution is 5.94. The quantitative estimate of drug-likeness (QED) is 0.682. The zero-order valence-corrected chi connectivity index (χ0v) is 15.6. The van der Waals surface area contributed by atoms with E-state index in [1.807, 2.05) is 36.4 Å². The van der Waals surface area contributed by atoms with E-state index in [9.17, 15) is 9.59 Å². The Balaban J connectivity index is 1.25. The molecule has 1 saturated carbocycles. The summed E-state index contributed by atoms with van der Waals surface area (Å²) >= 11 is 0. The van der Waals surface area contributed by atoms with Gasteiger partial charge < -0.3 is 9.15 Å². The van der Waals surface area contributed by atoms with Crippen LogP contribution in [0.2, 0.25) is 0 Å². The number of hydrogen-bond donors (Lipinski definition) is 1. The molecule has 0 saturated heterocycles. The fourth-order valence-electron chi connectivity index (χ4n) is 4.24. The molecule has 0 radical (unpaired) electrons. The number of benzene rings is 1. The average molecular weight is 389 g/mol. The Morgan fingerprint density at radius 1 is 1.14 bits per heavy atom. The molecule has 0 atom stereocenters. The van der Waals surface area contributed by atoms with Crippen molar-refractivity contribution in [1.29, 1.82) is 0 Å². The molecule has 1 aromatic carbocycles. The van der Waals surface area contributed by atoms with Crippen LogP contribution in [-0.4, -0.2) is 21.8 Å². The lowest BCUT2D eigenvalue weighted by Gasteiger charge is -2.35. The summed E-state index contributed by atoms with van der Waals surface area (Å²) in [6, 6.07) is 11.7. The number of hydrogen-bond acceptors (Lipinski definition) is 6. The number of aromatic nitrogens is 2. The largest absolute Gasteiger partial charge is 0.451 e. The molecule has 3 heterocycles. The number of nitrogens with one attached hydrogen (secondary N) is 1. The molecule has 1 N–H and O–H groups in total. The Labute approximate surface area is 167 Å². The first kappa shape index (κ1) is 17.6. The molecule has 29 heavy (non-hydrogen) atoms. The van der Waals surface area contributed by atoms with Crippen LogP contribution in [0.15, 0.2) is 59.5 Å². The van der Waals surface area contributed by atoms with Crippen molar-refractivity contribution < 1.29 is 18.7 Å². The highest BCUT2D eigenvalue weighted by Gasteiger charge is 2.48. The number of ether oxygens (including phenoxy) is 1. The SMILES string of the molecule is O=C1O[C@]2(CC[C@H](C(=O)Nc3nc(-c4ccccc4)co3)CC2)c2ccncc21. The molecule has 1 aliphatic carbocycles. The molecule has 5 rings (SSSR count). The van der Waals surface area contributed by atoms with Crippen molar-refractivity contribution in [3.05, 3.63) is 66.2 Å². The van der Waals surface area contributed by atoms with E-state index in [0.29, 0.717) is 36.9 Å². The van der Waals surface area contributed by atoms with Crippen LogP contribution < -0.4 is 5.32 Å². The van der Waals surface area contributed by atoms with E-state index in [4.69, 9.17) is 9.15 Å². The molecule has 2 aliphatic rings. The van der Waals surface area contributed by atoms with Gasteiger partial charge in [0.15, 0.2) is 0 Å². The summed E-state index contributed by atoms with van der Waals surface area (Å²) in [4.78, 5) is 33.2. The van der Waals surface area contributed by atoms with Gasteiger partial charge in [0, 0.05) is 29.4 Å². The summed E-state index contributed by atoms with van der Waals surface area (Å²) in [7, 11) is 0. The summed E-state index contributed by atoms with van der Waals surface area (Å²) in [5, 5.41) is 2.77. The molecule has 1 amide bonds. The van der Waals surface area contributed by atoms with E-state index >= 15 is 0 Å². The molecule has 1 spiro atoms. The van der Waals surface area contributed by atoms with Gasteiger partial charge in [-0.25, -0.2) is 4.79 Å². The van der Waals surface area contributed by atoms with Crippen molar-refractivity contribution in [3.63, 3.8) is 0 Å². The number of anilines is 1. The number of amides is 1. The average Bonchev–Trinajstić information content (AvgIpc) is 3.33. The predicted octanol–water partition coefficient (Wildman–Crippen LogP) is 3.93. The number of pyridine rings is 1. The van der Waals surface area contributed by atoms with Crippen molar-refractivity contribution in [2.75, 3.05) is 5.32 Å². The summed E-state index contributed by atoms with van der Waals surface area (Å²) in [6.45, 7) is 0. The lowest BCUT2D eigenvalue weighted by Crippen LogP contribution is -2.36. The zero-order chi connectivity index (χ0) is 19.8. The number of carbonyl (C=O) groups excluding carboxylic acids is 2. The Morgan fingerprint density at radius 3 is 2.72 bits per heavy atom. The Hall–Kier alpha value is -3.48. The van der Waals surface area contributed by atoms with E-state index in [1.165, 1.54) is 6.26 Å². The van der Waals surface area contributed by atoms with Crippen LogP contribution in [0.25, 0.3) is 11.3 Å². The second-order valence-corrected chi connectivity index (χ2v) is 7.47. The molecule has 0 unspecified atom stereocenters. The third-order valence-electron chi connectivity index (χ3n) is 5.79. The number of rotatable bonds is 3. The molecule has 1 aliphatic heterocycles. The lowest BCUT2D eigenvalue weighted by atomic mass is 9.75. The normalized spacial score (nSPS) is 22.9. The smallest absolute Gasteiger partial charge is 0.341 e. The molecule has 146 valence electrons. The van der Waals surface area contributed by atoms with Gasteiger partial charge in [0.2, 0.25) is 5.91 Å². The molecule has 2 aromatic heterocycles. The minimum absolute atomic E-state index is 0.124. The second kappa shape index (κ2) is 6.84. The van der Waals surface area contributed by atoms with Crippen LogP contribution >= 0.6 is 0 Å². The third-order valence-corrected chi connectivity index (χ3v) is 5.79. The molecular weight excluding hydrogens is 370 g/mol. The lowest BCUT2D eigenvalue weighted by molar-refractivity contribution is -0.123. The first-order valence-corrected chi connectivity index (χ1v) is 9.64. The van der Waals surface area contributed by atoms with Gasteiger partial charge in [0.05, 0.1) is 5.56 Å². The van der Waals surface area contributed by atoms with E-state index < -0.39 is 5.60 Å². The van der Waals surface area contributed by atoms with Crippen molar-refractivity contribution in [3.8, 4) is 11.3 Å². The molecule has 1 fully saturated rings. The minimum Gasteiger partial charge on any atom is -0.451 e.